The van der Waals surface area contributed by atoms with Gasteiger partial charge in [-0.15, -0.1) is 0 Å². The van der Waals surface area contributed by atoms with Gasteiger partial charge in [-0.25, -0.2) is 0 Å². The fraction of sp³-hybridized carbons (Fsp3) is 1.00. The van der Waals surface area contributed by atoms with Crippen molar-refractivity contribution in [3.63, 3.8) is 0 Å². The first-order chi connectivity index (χ1) is 1.89. The lowest BCUT2D eigenvalue weighted by molar-refractivity contribution is 0.423. The zero-order valence-corrected chi connectivity index (χ0v) is 3.40. The molecule has 1 unspecified atom stereocenters. The van der Waals surface area contributed by atoms with Crippen LogP contribution in [0.5, 0.6) is 0 Å². The van der Waals surface area contributed by atoms with E-state index in [0.717, 1.165) is 6.61 Å². The summed E-state index contributed by atoms with van der Waals surface area (Å²) in [4.78, 5) is 0. The average Bonchev–Trinajstić information content (AvgIpc) is 1.75. The van der Waals surface area contributed by atoms with Crippen molar-refractivity contribution < 1.29 is 4.74 Å². The summed E-state index contributed by atoms with van der Waals surface area (Å²) in [7, 11) is 0. The lowest BCUT2D eigenvalue weighted by Gasteiger charge is -1.50. The zero-order valence-electron chi connectivity index (χ0n) is 3.40. The van der Waals surface area contributed by atoms with E-state index >= 15 is 0 Å². The van der Waals surface area contributed by atoms with Crippen LogP contribution >= 0.6 is 0 Å². The molecular formula is C3H9NO. The van der Waals surface area contributed by atoms with E-state index in [2.05, 4.69) is 6.92 Å². The van der Waals surface area contributed by atoms with E-state index in [9.17, 15) is 0 Å². The average molecular weight is 75.1 g/mol. The molecule has 1 fully saturated rings. The summed E-state index contributed by atoms with van der Waals surface area (Å²) in [6.45, 7) is 3.04. The van der Waals surface area contributed by atoms with Crippen LogP contribution in [-0.2, 0) is 4.74 Å². The normalized spacial score (nSPS) is 31.8. The minimum absolute atomic E-state index is 0. The Balaban J connectivity index is 0.000000160. The summed E-state index contributed by atoms with van der Waals surface area (Å²) in [6.07, 6.45) is 0.583. The second kappa shape index (κ2) is 1.38. The Kier molecular flexibility index (Phi) is 1.36. The van der Waals surface area contributed by atoms with Gasteiger partial charge in [0, 0.05) is 0 Å². The van der Waals surface area contributed by atoms with Crippen LogP contribution in [0.1, 0.15) is 6.92 Å². The standard InChI is InChI=1S/C3H6O.H3N/c1-3-2-4-3;/h3H,2H2,1H3;1H3. The molecule has 0 radical (unpaired) electrons. The summed E-state index contributed by atoms with van der Waals surface area (Å²) in [5, 5.41) is 0. The fourth-order valence-corrected chi connectivity index (χ4v) is 0.0962. The molecule has 0 aromatic carbocycles. The highest BCUT2D eigenvalue weighted by Gasteiger charge is 2.13. The van der Waals surface area contributed by atoms with Crippen molar-refractivity contribution in [2.75, 3.05) is 6.61 Å². The van der Waals surface area contributed by atoms with Crippen LogP contribution in [0.4, 0.5) is 0 Å². The lowest BCUT2D eigenvalue weighted by Crippen LogP contribution is -1.60. The Labute approximate surface area is 31.7 Å². The van der Waals surface area contributed by atoms with E-state index in [1.165, 1.54) is 0 Å². The fourth-order valence-electron chi connectivity index (χ4n) is 0.0962. The molecule has 5 heavy (non-hydrogen) atoms. The third-order valence-corrected chi connectivity index (χ3v) is 0.500. The van der Waals surface area contributed by atoms with Crippen LogP contribution in [0.15, 0.2) is 0 Å². The first-order valence-corrected chi connectivity index (χ1v) is 1.51. The van der Waals surface area contributed by atoms with Gasteiger partial charge >= 0.3 is 0 Å². The van der Waals surface area contributed by atoms with Gasteiger partial charge in [-0.05, 0) is 6.92 Å². The molecule has 0 bridgehead atoms. The molecule has 1 atom stereocenters. The lowest BCUT2D eigenvalue weighted by atomic mass is 10.6. The van der Waals surface area contributed by atoms with Crippen LogP contribution in [-0.4, -0.2) is 12.7 Å². The Hall–Kier alpha value is -0.0800. The van der Waals surface area contributed by atoms with E-state index in [1.807, 2.05) is 0 Å². The minimum Gasteiger partial charge on any atom is -0.373 e. The van der Waals surface area contributed by atoms with Crippen molar-refractivity contribution in [1.29, 1.82) is 0 Å². The van der Waals surface area contributed by atoms with Crippen molar-refractivity contribution in [2.45, 2.75) is 13.0 Å². The Morgan fingerprint density at radius 1 is 1.80 bits per heavy atom. The highest BCUT2D eigenvalue weighted by molar-refractivity contribution is 4.58. The van der Waals surface area contributed by atoms with Crippen LogP contribution in [0.25, 0.3) is 0 Å². The second-order valence-corrected chi connectivity index (χ2v) is 1.14. The van der Waals surface area contributed by atoms with Crippen molar-refractivity contribution in [3.05, 3.63) is 0 Å². The first-order valence-electron chi connectivity index (χ1n) is 1.51. The van der Waals surface area contributed by atoms with Gasteiger partial charge in [0.1, 0.15) is 0 Å². The molecule has 32 valence electrons. The molecule has 2 heteroatoms. The molecule has 1 aliphatic heterocycles. The van der Waals surface area contributed by atoms with Gasteiger partial charge in [-0.3, -0.25) is 0 Å². The second-order valence-electron chi connectivity index (χ2n) is 1.14. The predicted molar refractivity (Wildman–Crippen MR) is 20.4 cm³/mol. The molecule has 0 spiro atoms. The third kappa shape index (κ3) is 1.69. The minimum atomic E-state index is 0. The van der Waals surface area contributed by atoms with Gasteiger partial charge in [0.05, 0.1) is 12.7 Å². The highest BCUT2D eigenvalue weighted by Crippen LogP contribution is 2.04. The van der Waals surface area contributed by atoms with E-state index in [1.54, 1.807) is 0 Å². The summed E-state index contributed by atoms with van der Waals surface area (Å²) in [5.74, 6) is 0. The number of epoxide rings is 1. The van der Waals surface area contributed by atoms with E-state index in [0.29, 0.717) is 6.10 Å². The van der Waals surface area contributed by atoms with Gasteiger partial charge < -0.3 is 10.9 Å². The van der Waals surface area contributed by atoms with Crippen molar-refractivity contribution in [1.82, 2.24) is 6.15 Å². The van der Waals surface area contributed by atoms with Crippen LogP contribution in [0.2, 0.25) is 0 Å². The highest BCUT2D eigenvalue weighted by atomic mass is 16.6. The van der Waals surface area contributed by atoms with E-state index in [-0.39, 0.29) is 6.15 Å². The van der Waals surface area contributed by atoms with Crippen LogP contribution in [0.3, 0.4) is 0 Å². The first kappa shape index (κ1) is 4.92. The maximum atomic E-state index is 4.71. The monoisotopic (exact) mass is 75.1 g/mol. The Morgan fingerprint density at radius 2 is 2.00 bits per heavy atom. The summed E-state index contributed by atoms with van der Waals surface area (Å²) in [5.41, 5.74) is 0. The van der Waals surface area contributed by atoms with Gasteiger partial charge in [0.2, 0.25) is 0 Å². The summed E-state index contributed by atoms with van der Waals surface area (Å²) in [6, 6.07) is 0. The van der Waals surface area contributed by atoms with Crippen molar-refractivity contribution >= 4 is 0 Å². The molecule has 0 amide bonds. The molecular weight excluding hydrogens is 66.0 g/mol. The Morgan fingerprint density at radius 3 is 2.00 bits per heavy atom. The Bertz CT molecular complexity index is 26.1. The molecule has 1 heterocycles. The van der Waals surface area contributed by atoms with E-state index in [4.69, 9.17) is 4.74 Å². The smallest absolute Gasteiger partial charge is 0.0781 e. The summed E-state index contributed by atoms with van der Waals surface area (Å²) < 4.78 is 4.71. The molecule has 2 nitrogen and oxygen atoms in total. The van der Waals surface area contributed by atoms with Gasteiger partial charge in [0.25, 0.3) is 0 Å². The topological polar surface area (TPSA) is 47.5 Å². The van der Waals surface area contributed by atoms with Crippen LogP contribution in [0, 0.1) is 0 Å². The molecule has 3 N–H and O–H groups in total. The SMILES string of the molecule is CC1CO1.N. The molecule has 0 saturated carbocycles. The molecule has 1 rings (SSSR count). The van der Waals surface area contributed by atoms with Crippen LogP contribution < -0.4 is 6.15 Å². The third-order valence-electron chi connectivity index (χ3n) is 0.500. The van der Waals surface area contributed by atoms with Gasteiger partial charge in [0.15, 0.2) is 0 Å². The number of ether oxygens (including phenoxy) is 1. The number of hydrogen-bond donors (Lipinski definition) is 1. The molecule has 0 aromatic heterocycles. The van der Waals surface area contributed by atoms with Crippen molar-refractivity contribution in [2.24, 2.45) is 0 Å². The molecule has 1 saturated heterocycles. The maximum Gasteiger partial charge on any atom is 0.0781 e. The predicted octanol–water partition coefficient (Wildman–Crippen LogP) is 0.567. The quantitative estimate of drug-likeness (QED) is 0.428. The maximum absolute atomic E-state index is 4.71. The van der Waals surface area contributed by atoms with Crippen molar-refractivity contribution in [3.8, 4) is 0 Å². The zero-order chi connectivity index (χ0) is 2.99. The van der Waals surface area contributed by atoms with Gasteiger partial charge in [-0.1, -0.05) is 0 Å². The molecule has 0 aromatic rings. The number of hydrogen-bond acceptors (Lipinski definition) is 2. The van der Waals surface area contributed by atoms with Gasteiger partial charge in [-0.2, -0.15) is 0 Å². The van der Waals surface area contributed by atoms with E-state index < -0.39 is 0 Å². The molecule has 0 aliphatic carbocycles. The number of rotatable bonds is 0. The molecule has 1 aliphatic rings. The summed E-state index contributed by atoms with van der Waals surface area (Å²) >= 11 is 0. The largest absolute Gasteiger partial charge is 0.373 e.